The lowest BCUT2D eigenvalue weighted by atomic mass is 10.3. The minimum atomic E-state index is -0.706. The summed E-state index contributed by atoms with van der Waals surface area (Å²) in [5, 5.41) is 7.51. The highest BCUT2D eigenvalue weighted by Crippen LogP contribution is 2.19. The van der Waals surface area contributed by atoms with E-state index in [1.807, 2.05) is 0 Å². The standard InChI is InChI=1S/C11H6F2N4/c12-7-3-1-4-8(13)10(7)17-11-9(15-16-17)5-2-6-14-11/h1-6H. The fourth-order valence-corrected chi connectivity index (χ4v) is 1.61. The number of hydrogen-bond acceptors (Lipinski definition) is 3. The first-order valence-electron chi connectivity index (χ1n) is 4.88. The van der Waals surface area contributed by atoms with Gasteiger partial charge in [0.05, 0.1) is 0 Å². The van der Waals surface area contributed by atoms with Gasteiger partial charge in [-0.2, -0.15) is 4.68 Å². The molecule has 0 N–H and O–H groups in total. The average Bonchev–Trinajstić information content (AvgIpc) is 2.73. The van der Waals surface area contributed by atoms with Crippen molar-refractivity contribution in [2.75, 3.05) is 0 Å². The molecule has 17 heavy (non-hydrogen) atoms. The monoisotopic (exact) mass is 232 g/mol. The maximum atomic E-state index is 13.6. The topological polar surface area (TPSA) is 43.6 Å². The maximum Gasteiger partial charge on any atom is 0.183 e. The molecule has 0 spiro atoms. The van der Waals surface area contributed by atoms with Crippen LogP contribution in [0.4, 0.5) is 8.78 Å². The summed E-state index contributed by atoms with van der Waals surface area (Å²) >= 11 is 0. The van der Waals surface area contributed by atoms with Crippen molar-refractivity contribution < 1.29 is 8.78 Å². The Morgan fingerprint density at radius 3 is 2.53 bits per heavy atom. The second-order valence-corrected chi connectivity index (χ2v) is 3.42. The van der Waals surface area contributed by atoms with Crippen LogP contribution in [-0.4, -0.2) is 20.0 Å². The van der Waals surface area contributed by atoms with Gasteiger partial charge in [-0.05, 0) is 24.3 Å². The molecule has 0 unspecified atom stereocenters. The molecule has 0 fully saturated rings. The van der Waals surface area contributed by atoms with Crippen LogP contribution in [0.15, 0.2) is 36.5 Å². The van der Waals surface area contributed by atoms with Crippen LogP contribution >= 0.6 is 0 Å². The highest BCUT2D eigenvalue weighted by atomic mass is 19.1. The number of rotatable bonds is 1. The molecule has 6 heteroatoms. The number of fused-ring (bicyclic) bond motifs is 1. The number of halogens is 2. The van der Waals surface area contributed by atoms with Crippen LogP contribution < -0.4 is 0 Å². The normalized spacial score (nSPS) is 10.9. The van der Waals surface area contributed by atoms with Crippen molar-refractivity contribution in [3.63, 3.8) is 0 Å². The molecular weight excluding hydrogens is 226 g/mol. The van der Waals surface area contributed by atoms with Crippen LogP contribution in [0, 0.1) is 11.6 Å². The molecule has 1 aromatic carbocycles. The smallest absolute Gasteiger partial charge is 0.183 e. The Morgan fingerprint density at radius 1 is 1.00 bits per heavy atom. The Hall–Kier alpha value is -2.37. The van der Waals surface area contributed by atoms with E-state index in [-0.39, 0.29) is 5.69 Å². The number of hydrogen-bond donors (Lipinski definition) is 0. The zero-order valence-electron chi connectivity index (χ0n) is 8.51. The third kappa shape index (κ3) is 1.45. The van der Waals surface area contributed by atoms with E-state index in [1.54, 1.807) is 12.1 Å². The molecule has 0 saturated heterocycles. The molecule has 2 heterocycles. The summed E-state index contributed by atoms with van der Waals surface area (Å²) in [5.41, 5.74) is 0.528. The summed E-state index contributed by atoms with van der Waals surface area (Å²) in [6, 6.07) is 6.97. The Balaban J connectivity index is 2.35. The van der Waals surface area contributed by atoms with E-state index in [9.17, 15) is 8.78 Å². The van der Waals surface area contributed by atoms with Crippen LogP contribution in [0.3, 0.4) is 0 Å². The lowest BCUT2D eigenvalue weighted by Crippen LogP contribution is -2.04. The van der Waals surface area contributed by atoms with Gasteiger partial charge in [0.15, 0.2) is 17.3 Å². The zero-order chi connectivity index (χ0) is 11.8. The minimum absolute atomic E-state index is 0.270. The second kappa shape index (κ2) is 3.58. The van der Waals surface area contributed by atoms with Gasteiger partial charge in [0.25, 0.3) is 0 Å². The first-order chi connectivity index (χ1) is 8.27. The average molecular weight is 232 g/mol. The van der Waals surface area contributed by atoms with E-state index in [0.717, 1.165) is 16.8 Å². The van der Waals surface area contributed by atoms with E-state index in [0.29, 0.717) is 11.2 Å². The van der Waals surface area contributed by atoms with Crippen molar-refractivity contribution in [3.8, 4) is 5.69 Å². The lowest BCUT2D eigenvalue weighted by Gasteiger charge is -2.03. The van der Waals surface area contributed by atoms with Gasteiger partial charge in [-0.1, -0.05) is 11.3 Å². The molecule has 0 saturated carbocycles. The van der Waals surface area contributed by atoms with E-state index >= 15 is 0 Å². The van der Waals surface area contributed by atoms with Crippen LogP contribution in [0.2, 0.25) is 0 Å². The Kier molecular flexibility index (Phi) is 2.07. The first-order valence-corrected chi connectivity index (χ1v) is 4.88. The summed E-state index contributed by atoms with van der Waals surface area (Å²) in [5.74, 6) is -1.41. The van der Waals surface area contributed by atoms with Crippen LogP contribution in [-0.2, 0) is 0 Å². The SMILES string of the molecule is Fc1cccc(F)c1-n1nnc2cccnc21. The molecule has 0 amide bonds. The molecule has 0 aliphatic heterocycles. The minimum Gasteiger partial charge on any atom is -0.235 e. The maximum absolute atomic E-state index is 13.6. The summed E-state index contributed by atoms with van der Waals surface area (Å²) in [4.78, 5) is 4.00. The van der Waals surface area contributed by atoms with Gasteiger partial charge in [-0.15, -0.1) is 5.10 Å². The van der Waals surface area contributed by atoms with Crippen LogP contribution in [0.5, 0.6) is 0 Å². The summed E-state index contributed by atoms with van der Waals surface area (Å²) in [6.45, 7) is 0. The Bertz CT molecular complexity index is 673. The highest BCUT2D eigenvalue weighted by molar-refractivity contribution is 5.71. The molecule has 0 atom stereocenters. The highest BCUT2D eigenvalue weighted by Gasteiger charge is 2.15. The molecule has 0 radical (unpaired) electrons. The zero-order valence-corrected chi connectivity index (χ0v) is 8.51. The first kappa shape index (κ1) is 9.83. The lowest BCUT2D eigenvalue weighted by molar-refractivity contribution is 0.558. The van der Waals surface area contributed by atoms with Crippen LogP contribution in [0.25, 0.3) is 16.9 Å². The van der Waals surface area contributed by atoms with E-state index in [4.69, 9.17) is 0 Å². The molecule has 84 valence electrons. The van der Waals surface area contributed by atoms with Crippen molar-refractivity contribution in [1.29, 1.82) is 0 Å². The van der Waals surface area contributed by atoms with Gasteiger partial charge in [-0.25, -0.2) is 13.8 Å². The number of pyridine rings is 1. The fourth-order valence-electron chi connectivity index (χ4n) is 1.61. The third-order valence-electron chi connectivity index (χ3n) is 2.36. The molecule has 0 aliphatic rings. The summed E-state index contributed by atoms with van der Waals surface area (Å²) < 4.78 is 28.2. The van der Waals surface area contributed by atoms with E-state index < -0.39 is 11.6 Å². The van der Waals surface area contributed by atoms with Gasteiger partial charge < -0.3 is 0 Å². The van der Waals surface area contributed by atoms with Gasteiger partial charge in [0, 0.05) is 6.20 Å². The Labute approximate surface area is 94.5 Å². The Morgan fingerprint density at radius 2 is 1.76 bits per heavy atom. The third-order valence-corrected chi connectivity index (χ3v) is 2.36. The summed E-state index contributed by atoms with van der Waals surface area (Å²) in [7, 11) is 0. The second-order valence-electron chi connectivity index (χ2n) is 3.42. The number of benzene rings is 1. The van der Waals surface area contributed by atoms with Crippen molar-refractivity contribution >= 4 is 11.2 Å². The predicted molar refractivity (Wildman–Crippen MR) is 56.6 cm³/mol. The molecule has 3 rings (SSSR count). The quantitative estimate of drug-likeness (QED) is 0.645. The van der Waals surface area contributed by atoms with Crippen molar-refractivity contribution in [2.45, 2.75) is 0 Å². The number of para-hydroxylation sites is 1. The van der Waals surface area contributed by atoms with Crippen LogP contribution in [0.1, 0.15) is 0 Å². The van der Waals surface area contributed by atoms with Gasteiger partial charge >= 0.3 is 0 Å². The molecule has 0 aliphatic carbocycles. The molecule has 4 nitrogen and oxygen atoms in total. The molecule has 2 aromatic heterocycles. The van der Waals surface area contributed by atoms with Gasteiger partial charge in [0.2, 0.25) is 0 Å². The molecule has 0 bridgehead atoms. The van der Waals surface area contributed by atoms with Gasteiger partial charge in [-0.3, -0.25) is 0 Å². The molecule has 3 aromatic rings. The predicted octanol–water partition coefficient (Wildman–Crippen LogP) is 2.09. The van der Waals surface area contributed by atoms with E-state index in [2.05, 4.69) is 15.3 Å². The fraction of sp³-hybridized carbons (Fsp3) is 0. The number of aromatic nitrogens is 4. The van der Waals surface area contributed by atoms with Crippen molar-refractivity contribution in [2.24, 2.45) is 0 Å². The van der Waals surface area contributed by atoms with Crippen molar-refractivity contribution in [1.82, 2.24) is 20.0 Å². The molecular formula is C11H6F2N4. The largest absolute Gasteiger partial charge is 0.235 e. The summed E-state index contributed by atoms with van der Waals surface area (Å²) in [6.07, 6.45) is 1.51. The van der Waals surface area contributed by atoms with Crippen molar-refractivity contribution in [3.05, 3.63) is 48.2 Å². The number of nitrogens with zero attached hydrogens (tertiary/aromatic N) is 4. The van der Waals surface area contributed by atoms with E-state index in [1.165, 1.54) is 12.3 Å². The van der Waals surface area contributed by atoms with Gasteiger partial charge in [0.1, 0.15) is 11.2 Å².